The highest BCUT2D eigenvalue weighted by Crippen LogP contribution is 1.92. The van der Waals surface area contributed by atoms with Crippen LogP contribution in [0.15, 0.2) is 0 Å². The van der Waals surface area contributed by atoms with Crippen molar-refractivity contribution in [2.24, 2.45) is 5.73 Å². The van der Waals surface area contributed by atoms with Crippen molar-refractivity contribution in [3.05, 3.63) is 0 Å². The molecule has 0 saturated heterocycles. The fourth-order valence-corrected chi connectivity index (χ4v) is 0.270. The molecule has 8 nitrogen and oxygen atoms in total. The number of carboxylic acids is 2. The van der Waals surface area contributed by atoms with Crippen LogP contribution in [0, 0.1) is 0 Å². The predicted molar refractivity (Wildman–Crippen MR) is 43.2 cm³/mol. The maximum Gasteiger partial charge on any atom is 0.335 e. The molecule has 0 aliphatic carbocycles. The molecule has 0 bridgehead atoms. The number of aliphatic hydroxyl groups is 3. The van der Waals surface area contributed by atoms with E-state index >= 15 is 0 Å². The number of hydrogen-bond acceptors (Lipinski definition) is 6. The lowest BCUT2D eigenvalue weighted by Crippen LogP contribution is -2.39. The molecule has 0 aromatic rings. The van der Waals surface area contributed by atoms with Crippen molar-refractivity contribution in [1.82, 2.24) is 0 Å². The van der Waals surface area contributed by atoms with Crippen molar-refractivity contribution in [3.63, 3.8) is 0 Å². The number of hydrogen-bond donors (Lipinski definition) is 6. The molecular weight excluding hydrogens is 198 g/mol. The third kappa shape index (κ3) is 8.87. The van der Waals surface area contributed by atoms with Crippen LogP contribution in [0.3, 0.4) is 0 Å². The minimum absolute atomic E-state index is 0.667. The molecule has 0 aliphatic rings. The van der Waals surface area contributed by atoms with E-state index in [9.17, 15) is 9.59 Å². The van der Waals surface area contributed by atoms with Gasteiger partial charge in [-0.15, -0.1) is 0 Å². The second-order valence-electron chi connectivity index (χ2n) is 2.31. The average Bonchev–Trinajstić information content (AvgIpc) is 2.00. The van der Waals surface area contributed by atoms with Gasteiger partial charge in [-0.1, -0.05) is 0 Å². The minimum Gasteiger partial charge on any atom is -0.479 e. The number of rotatable bonds is 3. The Hall–Kier alpha value is -1.22. The molecule has 3 atom stereocenters. The number of aliphatic carboxylic acids is 2. The van der Waals surface area contributed by atoms with Crippen molar-refractivity contribution in [2.75, 3.05) is 0 Å². The van der Waals surface area contributed by atoms with Crippen LogP contribution in [-0.2, 0) is 9.59 Å². The summed E-state index contributed by atoms with van der Waals surface area (Å²) in [5.41, 5.74) is 4.67. The van der Waals surface area contributed by atoms with E-state index < -0.39 is 30.4 Å². The lowest BCUT2D eigenvalue weighted by molar-refractivity contribution is -0.165. The molecule has 0 saturated carbocycles. The van der Waals surface area contributed by atoms with Gasteiger partial charge in [-0.2, -0.15) is 0 Å². The molecule has 0 radical (unpaired) electrons. The molecule has 0 amide bonds. The zero-order valence-electron chi connectivity index (χ0n) is 7.36. The SMILES string of the molecule is CC(N)O.O=C(O)C(O)C(O)C(=O)O. The number of carboxylic acid groups (broad SMARTS) is 2. The molecule has 3 unspecified atom stereocenters. The van der Waals surface area contributed by atoms with E-state index in [-0.39, 0.29) is 0 Å². The highest BCUT2D eigenvalue weighted by Gasteiger charge is 2.29. The molecule has 0 aromatic carbocycles. The minimum atomic E-state index is -2.27. The predicted octanol–water partition coefficient (Wildman–Crippen LogP) is -2.84. The summed E-state index contributed by atoms with van der Waals surface area (Å²) in [5, 5.41) is 40.4. The fraction of sp³-hybridized carbons (Fsp3) is 0.667. The van der Waals surface area contributed by atoms with E-state index in [1.54, 1.807) is 0 Å². The van der Waals surface area contributed by atoms with Gasteiger partial charge < -0.3 is 31.3 Å². The summed E-state index contributed by atoms with van der Waals surface area (Å²) in [7, 11) is 0. The summed E-state index contributed by atoms with van der Waals surface area (Å²) < 4.78 is 0. The lowest BCUT2D eigenvalue weighted by atomic mass is 10.2. The van der Waals surface area contributed by atoms with Crippen LogP contribution in [0.5, 0.6) is 0 Å². The molecule has 0 heterocycles. The van der Waals surface area contributed by atoms with Gasteiger partial charge in [0.2, 0.25) is 0 Å². The standard InChI is InChI=1S/C4H6O6.C2H7NO/c5-1(3(7)8)2(6)4(9)10;1-2(3)4/h1-2,5-6H,(H,7,8)(H,9,10);2,4H,3H2,1H3. The molecule has 0 aliphatic heterocycles. The topological polar surface area (TPSA) is 161 Å². The van der Waals surface area contributed by atoms with Gasteiger partial charge >= 0.3 is 11.9 Å². The van der Waals surface area contributed by atoms with E-state index in [0.717, 1.165) is 0 Å². The fourth-order valence-electron chi connectivity index (χ4n) is 0.270. The molecule has 0 fully saturated rings. The van der Waals surface area contributed by atoms with Crippen molar-refractivity contribution in [2.45, 2.75) is 25.4 Å². The van der Waals surface area contributed by atoms with Crippen LogP contribution < -0.4 is 5.73 Å². The summed E-state index contributed by atoms with van der Waals surface area (Å²) in [6.45, 7) is 1.50. The van der Waals surface area contributed by atoms with Crippen molar-refractivity contribution in [3.8, 4) is 0 Å². The van der Waals surface area contributed by atoms with Gasteiger partial charge in [0, 0.05) is 0 Å². The first kappa shape index (κ1) is 15.3. The Morgan fingerprint density at radius 1 is 1.00 bits per heavy atom. The van der Waals surface area contributed by atoms with E-state index in [2.05, 4.69) is 5.73 Å². The van der Waals surface area contributed by atoms with Gasteiger partial charge in [-0.25, -0.2) is 9.59 Å². The lowest BCUT2D eigenvalue weighted by Gasteiger charge is -2.07. The van der Waals surface area contributed by atoms with Gasteiger partial charge in [0.1, 0.15) is 0 Å². The Bertz CT molecular complexity index is 172. The Balaban J connectivity index is 0. The average molecular weight is 211 g/mol. The summed E-state index contributed by atoms with van der Waals surface area (Å²) >= 11 is 0. The molecule has 84 valence electrons. The van der Waals surface area contributed by atoms with Crippen LogP contribution in [0.4, 0.5) is 0 Å². The molecule has 8 heteroatoms. The Morgan fingerprint density at radius 3 is 1.21 bits per heavy atom. The quantitative estimate of drug-likeness (QED) is 0.272. The molecule has 0 rings (SSSR count). The molecule has 0 spiro atoms. The molecular formula is C6H13NO7. The van der Waals surface area contributed by atoms with Crippen molar-refractivity contribution < 1.29 is 35.1 Å². The normalized spacial score (nSPS) is 15.8. The smallest absolute Gasteiger partial charge is 0.335 e. The van der Waals surface area contributed by atoms with Gasteiger partial charge in [-0.05, 0) is 6.92 Å². The zero-order chi connectivity index (χ0) is 11.9. The van der Waals surface area contributed by atoms with E-state index in [4.69, 9.17) is 25.5 Å². The third-order valence-electron chi connectivity index (χ3n) is 0.805. The van der Waals surface area contributed by atoms with Gasteiger partial charge in [0.25, 0.3) is 0 Å². The number of carbonyl (C=O) groups is 2. The first-order valence-corrected chi connectivity index (χ1v) is 3.45. The maximum absolute atomic E-state index is 9.77. The summed E-state index contributed by atoms with van der Waals surface area (Å²) in [6.07, 6.45) is -5.20. The van der Waals surface area contributed by atoms with Crippen LogP contribution in [0.25, 0.3) is 0 Å². The molecule has 14 heavy (non-hydrogen) atoms. The summed E-state index contributed by atoms with van der Waals surface area (Å²) in [5.74, 6) is -3.54. The van der Waals surface area contributed by atoms with E-state index in [1.807, 2.05) is 0 Å². The van der Waals surface area contributed by atoms with Crippen molar-refractivity contribution >= 4 is 11.9 Å². The van der Waals surface area contributed by atoms with E-state index in [1.165, 1.54) is 6.92 Å². The summed E-state index contributed by atoms with van der Waals surface area (Å²) in [4.78, 5) is 19.5. The maximum atomic E-state index is 9.77. The first-order chi connectivity index (χ1) is 6.20. The van der Waals surface area contributed by atoms with Crippen molar-refractivity contribution in [1.29, 1.82) is 0 Å². The van der Waals surface area contributed by atoms with Gasteiger partial charge in [-0.3, -0.25) is 0 Å². The Labute approximate surface area is 79.2 Å². The first-order valence-electron chi connectivity index (χ1n) is 3.45. The third-order valence-corrected chi connectivity index (χ3v) is 0.805. The number of nitrogens with two attached hydrogens (primary N) is 1. The zero-order valence-corrected chi connectivity index (χ0v) is 7.36. The Morgan fingerprint density at radius 2 is 1.14 bits per heavy atom. The highest BCUT2D eigenvalue weighted by molar-refractivity contribution is 5.82. The van der Waals surface area contributed by atoms with Gasteiger partial charge in [0.05, 0.1) is 6.23 Å². The van der Waals surface area contributed by atoms with Crippen LogP contribution in [0.1, 0.15) is 6.92 Å². The highest BCUT2D eigenvalue weighted by atomic mass is 16.4. The largest absolute Gasteiger partial charge is 0.479 e. The van der Waals surface area contributed by atoms with Crippen LogP contribution in [-0.4, -0.2) is 55.9 Å². The summed E-state index contributed by atoms with van der Waals surface area (Å²) in [6, 6.07) is 0. The Kier molecular flexibility index (Phi) is 7.86. The molecule has 0 aromatic heterocycles. The van der Waals surface area contributed by atoms with Crippen LogP contribution in [0.2, 0.25) is 0 Å². The van der Waals surface area contributed by atoms with Gasteiger partial charge in [0.15, 0.2) is 12.2 Å². The second kappa shape index (κ2) is 7.21. The number of aliphatic hydroxyl groups excluding tert-OH is 3. The molecule has 7 N–H and O–H groups in total. The monoisotopic (exact) mass is 211 g/mol. The van der Waals surface area contributed by atoms with Crippen LogP contribution >= 0.6 is 0 Å². The second-order valence-corrected chi connectivity index (χ2v) is 2.31. The van der Waals surface area contributed by atoms with E-state index in [0.29, 0.717) is 0 Å².